The maximum absolute atomic E-state index is 12.2. The molecule has 6 nitrogen and oxygen atoms in total. The van der Waals surface area contributed by atoms with Gasteiger partial charge in [-0.05, 0) is 43.3 Å². The smallest absolute Gasteiger partial charge is 0.279 e. The molecule has 0 radical (unpaired) electrons. The highest BCUT2D eigenvalue weighted by molar-refractivity contribution is 9.10. The Morgan fingerprint density at radius 2 is 1.92 bits per heavy atom. The lowest BCUT2D eigenvalue weighted by atomic mass is 10.2. The number of halogens is 2. The Morgan fingerprint density at radius 1 is 1.16 bits per heavy atom. The van der Waals surface area contributed by atoms with E-state index < -0.39 is 17.9 Å². The van der Waals surface area contributed by atoms with Crippen molar-refractivity contribution in [3.63, 3.8) is 0 Å². The molecule has 8 heteroatoms. The van der Waals surface area contributed by atoms with Gasteiger partial charge in [-0.15, -0.1) is 0 Å². The molecule has 0 bridgehead atoms. The van der Waals surface area contributed by atoms with E-state index in [1.165, 1.54) is 13.2 Å². The van der Waals surface area contributed by atoms with Crippen molar-refractivity contribution in [3.8, 4) is 11.5 Å². The van der Waals surface area contributed by atoms with E-state index >= 15 is 0 Å². The van der Waals surface area contributed by atoms with Crippen molar-refractivity contribution in [2.24, 2.45) is 0 Å². The predicted octanol–water partition coefficient (Wildman–Crippen LogP) is 3.34. The largest absolute Gasteiger partial charge is 0.496 e. The highest BCUT2D eigenvalue weighted by Gasteiger charge is 2.18. The van der Waals surface area contributed by atoms with Gasteiger partial charge in [0.2, 0.25) is 0 Å². The van der Waals surface area contributed by atoms with Gasteiger partial charge in [0, 0.05) is 9.50 Å². The molecule has 2 aromatic rings. The van der Waals surface area contributed by atoms with Crippen LogP contribution in [0, 0.1) is 0 Å². The Kier molecular flexibility index (Phi) is 6.66. The lowest BCUT2D eigenvalue weighted by Gasteiger charge is -2.16. The summed E-state index contributed by atoms with van der Waals surface area (Å²) in [6.45, 7) is 1.57. The second-order valence-electron chi connectivity index (χ2n) is 5.01. The van der Waals surface area contributed by atoms with E-state index in [-0.39, 0.29) is 5.56 Å². The van der Waals surface area contributed by atoms with Gasteiger partial charge in [-0.2, -0.15) is 0 Å². The van der Waals surface area contributed by atoms with Crippen molar-refractivity contribution >= 4 is 39.3 Å². The molecule has 2 N–H and O–H groups in total. The van der Waals surface area contributed by atoms with Gasteiger partial charge in [0.05, 0.1) is 12.7 Å². The van der Waals surface area contributed by atoms with Crippen molar-refractivity contribution in [1.29, 1.82) is 0 Å². The van der Waals surface area contributed by atoms with E-state index in [4.69, 9.17) is 21.1 Å². The summed E-state index contributed by atoms with van der Waals surface area (Å²) in [6, 6.07) is 11.7. The van der Waals surface area contributed by atoms with Crippen LogP contribution in [-0.4, -0.2) is 25.0 Å². The van der Waals surface area contributed by atoms with Crippen LogP contribution in [0.15, 0.2) is 46.9 Å². The Labute approximate surface area is 158 Å². The van der Waals surface area contributed by atoms with Crippen LogP contribution in [0.2, 0.25) is 5.02 Å². The first-order valence-electron chi connectivity index (χ1n) is 7.26. The lowest BCUT2D eigenvalue weighted by molar-refractivity contribution is -0.128. The number of hydrazine groups is 1. The molecule has 0 aliphatic carbocycles. The molecule has 0 spiro atoms. The fourth-order valence-corrected chi connectivity index (χ4v) is 2.49. The standard InChI is InChI=1S/C17H16BrClN2O4/c1-10(25-13-5-3-4-11(18)8-13)16(22)20-21-17(23)14-9-12(19)6-7-15(14)24-2/h3-10H,1-2H3,(H,20,22)(H,21,23)/t10-/m0/s1. The molecule has 0 saturated heterocycles. The normalized spacial score (nSPS) is 11.4. The molecule has 0 unspecified atom stereocenters. The zero-order chi connectivity index (χ0) is 18.4. The van der Waals surface area contributed by atoms with Gasteiger partial charge in [0.25, 0.3) is 11.8 Å². The van der Waals surface area contributed by atoms with E-state index in [0.29, 0.717) is 16.5 Å². The fourth-order valence-electron chi connectivity index (χ4n) is 1.94. The highest BCUT2D eigenvalue weighted by atomic mass is 79.9. The van der Waals surface area contributed by atoms with E-state index in [1.54, 1.807) is 37.3 Å². The van der Waals surface area contributed by atoms with E-state index in [2.05, 4.69) is 26.8 Å². The maximum Gasteiger partial charge on any atom is 0.279 e. The summed E-state index contributed by atoms with van der Waals surface area (Å²) in [7, 11) is 1.44. The molecule has 0 aromatic heterocycles. The second-order valence-corrected chi connectivity index (χ2v) is 6.36. The molecule has 0 aliphatic heterocycles. The highest BCUT2D eigenvalue weighted by Crippen LogP contribution is 2.22. The molecule has 132 valence electrons. The number of benzene rings is 2. The van der Waals surface area contributed by atoms with Crippen molar-refractivity contribution < 1.29 is 19.1 Å². The quantitative estimate of drug-likeness (QED) is 0.718. The summed E-state index contributed by atoms with van der Waals surface area (Å²) in [6.07, 6.45) is -0.809. The number of hydrogen-bond donors (Lipinski definition) is 2. The molecule has 25 heavy (non-hydrogen) atoms. The number of methoxy groups -OCH3 is 1. The van der Waals surface area contributed by atoms with Crippen LogP contribution in [0.4, 0.5) is 0 Å². The van der Waals surface area contributed by atoms with Crippen LogP contribution in [0.5, 0.6) is 11.5 Å². The molecule has 2 rings (SSSR count). The van der Waals surface area contributed by atoms with Gasteiger partial charge in [-0.3, -0.25) is 20.4 Å². The molecular weight excluding hydrogens is 412 g/mol. The molecule has 0 fully saturated rings. The van der Waals surface area contributed by atoms with Crippen LogP contribution in [0.25, 0.3) is 0 Å². The van der Waals surface area contributed by atoms with Gasteiger partial charge in [-0.1, -0.05) is 33.6 Å². The third kappa shape index (κ3) is 5.37. The first kappa shape index (κ1) is 19.1. The third-order valence-corrected chi connectivity index (χ3v) is 3.91. The first-order valence-corrected chi connectivity index (χ1v) is 8.43. The van der Waals surface area contributed by atoms with Gasteiger partial charge in [-0.25, -0.2) is 0 Å². The van der Waals surface area contributed by atoms with Gasteiger partial charge >= 0.3 is 0 Å². The Bertz CT molecular complexity index is 785. The number of amides is 2. The summed E-state index contributed by atoms with van der Waals surface area (Å²) >= 11 is 9.21. The van der Waals surface area contributed by atoms with E-state index in [1.807, 2.05) is 6.07 Å². The van der Waals surface area contributed by atoms with E-state index in [0.717, 1.165) is 4.47 Å². The Balaban J connectivity index is 1.95. The molecule has 2 aromatic carbocycles. The van der Waals surface area contributed by atoms with Crippen molar-refractivity contribution in [1.82, 2.24) is 10.9 Å². The summed E-state index contributed by atoms with van der Waals surface area (Å²) in [4.78, 5) is 24.3. The number of hydrogen-bond acceptors (Lipinski definition) is 4. The van der Waals surface area contributed by atoms with Gasteiger partial charge in [0.1, 0.15) is 11.5 Å². The monoisotopic (exact) mass is 426 g/mol. The number of carbonyl (C=O) groups is 2. The average Bonchev–Trinajstić information content (AvgIpc) is 2.59. The lowest BCUT2D eigenvalue weighted by Crippen LogP contribution is -2.47. The average molecular weight is 428 g/mol. The number of ether oxygens (including phenoxy) is 2. The molecule has 0 saturated carbocycles. The SMILES string of the molecule is COc1ccc(Cl)cc1C(=O)NNC(=O)[C@H](C)Oc1cccc(Br)c1. The first-order chi connectivity index (χ1) is 11.9. The number of rotatable bonds is 5. The summed E-state index contributed by atoms with van der Waals surface area (Å²) in [5.74, 6) is -0.189. The zero-order valence-electron chi connectivity index (χ0n) is 13.5. The topological polar surface area (TPSA) is 76.7 Å². The maximum atomic E-state index is 12.2. The van der Waals surface area contributed by atoms with Crippen molar-refractivity contribution in [3.05, 3.63) is 57.5 Å². The fraction of sp³-hybridized carbons (Fsp3) is 0.176. The number of nitrogens with one attached hydrogen (secondary N) is 2. The minimum atomic E-state index is -0.809. The summed E-state index contributed by atoms with van der Waals surface area (Å²) in [5.41, 5.74) is 4.83. The summed E-state index contributed by atoms with van der Waals surface area (Å²) < 4.78 is 11.5. The van der Waals surface area contributed by atoms with Crippen LogP contribution >= 0.6 is 27.5 Å². The number of carbonyl (C=O) groups excluding carboxylic acids is 2. The Hall–Kier alpha value is -2.25. The third-order valence-electron chi connectivity index (χ3n) is 3.18. The van der Waals surface area contributed by atoms with Crippen LogP contribution in [0.3, 0.4) is 0 Å². The Morgan fingerprint density at radius 3 is 2.60 bits per heavy atom. The van der Waals surface area contributed by atoms with E-state index in [9.17, 15) is 9.59 Å². The van der Waals surface area contributed by atoms with Crippen LogP contribution in [0.1, 0.15) is 17.3 Å². The van der Waals surface area contributed by atoms with Crippen LogP contribution in [-0.2, 0) is 4.79 Å². The van der Waals surface area contributed by atoms with Crippen LogP contribution < -0.4 is 20.3 Å². The van der Waals surface area contributed by atoms with Crippen molar-refractivity contribution in [2.45, 2.75) is 13.0 Å². The minimum absolute atomic E-state index is 0.205. The molecule has 0 heterocycles. The molecule has 1 atom stereocenters. The minimum Gasteiger partial charge on any atom is -0.496 e. The molecule has 0 aliphatic rings. The molecule has 2 amide bonds. The van der Waals surface area contributed by atoms with Gasteiger partial charge < -0.3 is 9.47 Å². The second kappa shape index (κ2) is 8.73. The van der Waals surface area contributed by atoms with Gasteiger partial charge in [0.15, 0.2) is 6.10 Å². The predicted molar refractivity (Wildman–Crippen MR) is 97.8 cm³/mol. The summed E-state index contributed by atoms with van der Waals surface area (Å²) in [5, 5.41) is 0.378. The molecular formula is C17H16BrClN2O4. The zero-order valence-corrected chi connectivity index (χ0v) is 15.8. The van der Waals surface area contributed by atoms with Crippen molar-refractivity contribution in [2.75, 3.05) is 7.11 Å².